The van der Waals surface area contributed by atoms with Crippen molar-refractivity contribution in [1.29, 1.82) is 0 Å². The fourth-order valence-corrected chi connectivity index (χ4v) is 6.96. The van der Waals surface area contributed by atoms with Gasteiger partial charge in [-0.3, -0.25) is 0 Å². The highest BCUT2D eigenvalue weighted by Crippen LogP contribution is 2.32. The van der Waals surface area contributed by atoms with E-state index in [1.54, 1.807) is 54.6 Å². The molecule has 0 spiro atoms. The van der Waals surface area contributed by atoms with Crippen molar-refractivity contribution in [2.75, 3.05) is 11.1 Å². The maximum Gasteiger partial charge on any atom is 0.494 e. The summed E-state index contributed by atoms with van der Waals surface area (Å²) in [6, 6.07) is 56.1. The lowest BCUT2D eigenvalue weighted by Crippen LogP contribution is -2.31. The van der Waals surface area contributed by atoms with Crippen LogP contribution in [0, 0.1) is 0 Å². The first-order valence-corrected chi connectivity index (χ1v) is 21.1. The van der Waals surface area contributed by atoms with E-state index in [4.69, 9.17) is 36.9 Å². The van der Waals surface area contributed by atoms with Crippen LogP contribution >= 0.6 is 11.6 Å². The molecule has 0 aliphatic carbocycles. The average Bonchev–Trinajstić information content (AvgIpc) is 3.37. The van der Waals surface area contributed by atoms with Gasteiger partial charge in [0.2, 0.25) is 11.8 Å². The second kappa shape index (κ2) is 21.6. The third-order valence-electron chi connectivity index (χ3n) is 10.0. The number of benzene rings is 6. The summed E-state index contributed by atoms with van der Waals surface area (Å²) in [6.07, 6.45) is 3.04. The summed E-state index contributed by atoms with van der Waals surface area (Å²) in [7, 11) is -3.28. The Labute approximate surface area is 390 Å². The van der Waals surface area contributed by atoms with Gasteiger partial charge < -0.3 is 40.6 Å². The molecular formula is C50H39B2ClN8O6. The molecule has 10 aromatic rings. The van der Waals surface area contributed by atoms with Crippen LogP contribution in [0.2, 0.25) is 5.15 Å². The molecule has 0 unspecified atom stereocenters. The van der Waals surface area contributed by atoms with Crippen LogP contribution in [0.5, 0.6) is 23.3 Å². The highest BCUT2D eigenvalue weighted by atomic mass is 35.5. The molecule has 17 heteroatoms. The first-order chi connectivity index (χ1) is 32.7. The third-order valence-corrected chi connectivity index (χ3v) is 10.3. The predicted octanol–water partition coefficient (Wildman–Crippen LogP) is 7.99. The van der Waals surface area contributed by atoms with E-state index < -0.39 is 14.2 Å². The number of anilines is 3. The summed E-state index contributed by atoms with van der Waals surface area (Å²) in [5, 5.41) is 62.1. The predicted molar refractivity (Wildman–Crippen MR) is 264 cm³/mol. The maximum atomic E-state index is 9.48. The zero-order chi connectivity index (χ0) is 46.5. The van der Waals surface area contributed by atoms with Crippen LogP contribution in [-0.4, -0.2) is 64.7 Å². The van der Waals surface area contributed by atoms with Crippen LogP contribution in [0.3, 0.4) is 0 Å². The van der Waals surface area contributed by atoms with Crippen LogP contribution in [0.25, 0.3) is 44.1 Å². The van der Waals surface area contributed by atoms with E-state index in [0.717, 1.165) is 49.7 Å². The second-order valence-electron chi connectivity index (χ2n) is 14.5. The van der Waals surface area contributed by atoms with E-state index in [1.807, 2.05) is 121 Å². The van der Waals surface area contributed by atoms with Gasteiger partial charge in [-0.25, -0.2) is 9.97 Å². The number of halogens is 1. The number of nitrogen functional groups attached to an aromatic ring is 1. The Hall–Kier alpha value is -8.24. The number of fused-ring (bicyclic) bond motifs is 2. The summed E-state index contributed by atoms with van der Waals surface area (Å²) in [6.45, 7) is 0. The Balaban J connectivity index is 0.000000150. The van der Waals surface area contributed by atoms with Crippen molar-refractivity contribution in [2.24, 2.45) is 0 Å². The minimum absolute atomic E-state index is 0.140. The number of rotatable bonds is 10. The summed E-state index contributed by atoms with van der Waals surface area (Å²) < 4.78 is 11.2. The summed E-state index contributed by atoms with van der Waals surface area (Å²) in [4.78, 5) is 8.02. The molecule has 0 aliphatic heterocycles. The van der Waals surface area contributed by atoms with Crippen LogP contribution in [-0.2, 0) is 0 Å². The van der Waals surface area contributed by atoms with E-state index in [2.05, 4.69) is 35.7 Å². The van der Waals surface area contributed by atoms with Crippen molar-refractivity contribution in [2.45, 2.75) is 0 Å². The van der Waals surface area contributed by atoms with Crippen LogP contribution < -0.4 is 31.4 Å². The Bertz CT molecular complexity index is 3220. The lowest BCUT2D eigenvalue weighted by atomic mass is 9.81. The van der Waals surface area contributed by atoms with E-state index in [1.165, 1.54) is 18.5 Å². The monoisotopic (exact) mass is 904 g/mol. The van der Waals surface area contributed by atoms with Gasteiger partial charge >= 0.3 is 14.2 Å². The summed E-state index contributed by atoms with van der Waals surface area (Å²) in [5.41, 5.74) is 11.1. The van der Waals surface area contributed by atoms with Crippen molar-refractivity contribution in [3.63, 3.8) is 0 Å². The van der Waals surface area contributed by atoms with E-state index in [-0.39, 0.29) is 22.7 Å². The minimum atomic E-state index is -1.67. The number of aromatic nitrogens is 6. The van der Waals surface area contributed by atoms with E-state index >= 15 is 0 Å². The molecule has 14 nitrogen and oxygen atoms in total. The molecule has 0 saturated carbocycles. The van der Waals surface area contributed by atoms with Gasteiger partial charge in [0, 0.05) is 67.4 Å². The second-order valence-corrected chi connectivity index (χ2v) is 14.9. The van der Waals surface area contributed by atoms with Crippen molar-refractivity contribution in [3.8, 4) is 45.8 Å². The number of ether oxygens (including phenoxy) is 2. The van der Waals surface area contributed by atoms with Crippen molar-refractivity contribution >= 4 is 75.5 Å². The van der Waals surface area contributed by atoms with Gasteiger partial charge in [0.25, 0.3) is 0 Å². The highest BCUT2D eigenvalue weighted by Gasteiger charge is 2.20. The van der Waals surface area contributed by atoms with Gasteiger partial charge in [0.1, 0.15) is 22.9 Å². The quantitative estimate of drug-likeness (QED) is 0.0567. The normalized spacial score (nSPS) is 10.5. The van der Waals surface area contributed by atoms with Gasteiger partial charge in [-0.1, -0.05) is 133 Å². The fraction of sp³-hybridized carbons (Fsp3) is 0. The highest BCUT2D eigenvalue weighted by molar-refractivity contribution is 6.60. The zero-order valence-electron chi connectivity index (χ0n) is 35.4. The van der Waals surface area contributed by atoms with Crippen molar-refractivity contribution in [3.05, 3.63) is 200 Å². The van der Waals surface area contributed by atoms with Gasteiger partial charge in [-0.15, -0.1) is 20.4 Å². The summed E-state index contributed by atoms with van der Waals surface area (Å²) >= 11 is 6.04. The van der Waals surface area contributed by atoms with Crippen LogP contribution in [0.15, 0.2) is 194 Å². The Morgan fingerprint density at radius 2 is 0.881 bits per heavy atom. The molecule has 0 radical (unpaired) electrons. The first-order valence-electron chi connectivity index (χ1n) is 20.7. The lowest BCUT2D eigenvalue weighted by Gasteiger charge is -2.12. The molecule has 0 amide bonds. The first kappa shape index (κ1) is 45.3. The number of nitrogens with zero attached hydrogens (tertiary/aromatic N) is 6. The molecule has 7 N–H and O–H groups in total. The molecule has 0 aliphatic rings. The number of hydrogen-bond donors (Lipinski definition) is 6. The lowest BCUT2D eigenvalue weighted by molar-refractivity contribution is 0.416. The minimum Gasteiger partial charge on any atom is -0.439 e. The molecule has 10 rings (SSSR count). The average molecular weight is 905 g/mol. The molecule has 4 heterocycles. The topological polar surface area (TPSA) is 215 Å². The van der Waals surface area contributed by atoms with Crippen LogP contribution in [0.1, 0.15) is 0 Å². The van der Waals surface area contributed by atoms with E-state index in [9.17, 15) is 10.0 Å². The molecule has 6 aromatic carbocycles. The van der Waals surface area contributed by atoms with Crippen molar-refractivity contribution < 1.29 is 29.6 Å². The van der Waals surface area contributed by atoms with Crippen LogP contribution in [0.4, 0.5) is 17.2 Å². The van der Waals surface area contributed by atoms with Gasteiger partial charge in [-0.05, 0) is 60.7 Å². The van der Waals surface area contributed by atoms with Gasteiger partial charge in [0.05, 0.1) is 0 Å². The van der Waals surface area contributed by atoms with Gasteiger partial charge in [0.15, 0.2) is 11.0 Å². The Morgan fingerprint density at radius 1 is 0.448 bits per heavy atom. The van der Waals surface area contributed by atoms with Gasteiger partial charge in [-0.2, -0.15) is 0 Å². The number of nitrogens with one attached hydrogen (secondary N) is 1. The van der Waals surface area contributed by atoms with Crippen molar-refractivity contribution in [1.82, 2.24) is 30.4 Å². The largest absolute Gasteiger partial charge is 0.494 e. The number of pyridine rings is 2. The molecule has 0 saturated heterocycles. The Morgan fingerprint density at radius 3 is 1.39 bits per heavy atom. The molecular weight excluding hydrogens is 866 g/mol. The molecule has 67 heavy (non-hydrogen) atoms. The molecule has 328 valence electrons. The smallest absolute Gasteiger partial charge is 0.439 e. The standard InChI is InChI=1S/C25H19BN4O3.C14H9ClN2.C11H11BN2O3/c31-26(32)22-11-6-16-27-25(22)33-19-14-12-18(13-15-19)28-24-21-10-5-4-9-20(21)23(29-30-24)17-7-2-1-3-8-17;15-14-12-9-5-4-8-11(12)13(16-17-14)10-6-2-1-3-7-10;13-8-3-5-9(6-4-8)17-11-10(12(15)16)2-1-7-14-11/h1-16,31-32H,(H,28,30);1-9H;1-7,15-16H,13H2. The van der Waals surface area contributed by atoms with E-state index in [0.29, 0.717) is 28.2 Å². The summed E-state index contributed by atoms with van der Waals surface area (Å²) in [5.74, 6) is 1.99. The SMILES string of the molecule is Clc1nnc(-c2ccccc2)c2ccccc12.Nc1ccc(Oc2ncccc2B(O)O)cc1.OB(O)c1cccnc1Oc1ccc(Nc2nnc(-c3ccccc3)c3ccccc23)cc1. The number of nitrogens with two attached hydrogens (primary N) is 1. The maximum absolute atomic E-state index is 9.48. The Kier molecular flexibility index (Phi) is 14.6. The molecule has 4 aromatic heterocycles. The molecule has 0 atom stereocenters. The number of hydrogen-bond acceptors (Lipinski definition) is 14. The molecule has 0 bridgehead atoms. The molecule has 0 fully saturated rings. The third kappa shape index (κ3) is 11.4. The fourth-order valence-electron chi connectivity index (χ4n) is 6.76. The zero-order valence-corrected chi connectivity index (χ0v) is 36.1.